The summed E-state index contributed by atoms with van der Waals surface area (Å²) in [6.45, 7) is 1.94. The van der Waals surface area contributed by atoms with Gasteiger partial charge in [0.15, 0.2) is 0 Å². The molecule has 0 fully saturated rings. The molecular weight excluding hydrogens is 393 g/mol. The molecule has 0 atom stereocenters. The summed E-state index contributed by atoms with van der Waals surface area (Å²) in [6, 6.07) is 18.1. The second-order valence-electron chi connectivity index (χ2n) is 6.57. The summed E-state index contributed by atoms with van der Waals surface area (Å²) in [5.74, 6) is 0.832. The lowest BCUT2D eigenvalue weighted by atomic mass is 10.1. The van der Waals surface area contributed by atoms with E-state index in [1.165, 1.54) is 11.3 Å². The zero-order valence-electron chi connectivity index (χ0n) is 16.1. The number of nitrogens with one attached hydrogen (secondary N) is 1. The highest BCUT2D eigenvalue weighted by Gasteiger charge is 2.06. The maximum atomic E-state index is 6.18. The van der Waals surface area contributed by atoms with Crippen molar-refractivity contribution in [3.8, 4) is 5.75 Å². The van der Waals surface area contributed by atoms with E-state index in [4.69, 9.17) is 16.3 Å². The highest BCUT2D eigenvalue weighted by Crippen LogP contribution is 2.24. The van der Waals surface area contributed by atoms with Crippen molar-refractivity contribution in [1.29, 1.82) is 0 Å². The van der Waals surface area contributed by atoms with Crippen molar-refractivity contribution >= 4 is 29.7 Å². The van der Waals surface area contributed by atoms with Gasteiger partial charge < -0.3 is 15.0 Å². The third-order valence-electron chi connectivity index (χ3n) is 4.24. The molecule has 1 aromatic heterocycles. The maximum absolute atomic E-state index is 6.18. The number of hydrogen-bond acceptors (Lipinski definition) is 4. The number of aromatic nitrogens is 1. The zero-order valence-corrected chi connectivity index (χ0v) is 17.6. The van der Waals surface area contributed by atoms with Gasteiger partial charge in [0.25, 0.3) is 0 Å². The van der Waals surface area contributed by atoms with Gasteiger partial charge >= 0.3 is 0 Å². The van der Waals surface area contributed by atoms with Crippen LogP contribution in [0.3, 0.4) is 0 Å². The molecule has 3 aromatic rings. The zero-order chi connectivity index (χ0) is 19.1. The van der Waals surface area contributed by atoms with Gasteiger partial charge in [-0.1, -0.05) is 29.8 Å². The molecular formula is C22H25Cl2N3O. The Balaban J connectivity index is 0.00000280. The first kappa shape index (κ1) is 22.0. The molecule has 3 rings (SSSR count). The number of pyridine rings is 1. The fraction of sp³-hybridized carbons (Fsp3) is 0.227. The second-order valence-corrected chi connectivity index (χ2v) is 7.00. The molecule has 0 saturated heterocycles. The van der Waals surface area contributed by atoms with Gasteiger partial charge in [-0.2, -0.15) is 0 Å². The van der Waals surface area contributed by atoms with Crippen molar-refractivity contribution < 1.29 is 4.74 Å². The monoisotopic (exact) mass is 417 g/mol. The number of nitrogens with zero attached hydrogens (tertiary/aromatic N) is 2. The molecule has 0 aliphatic heterocycles. The Bertz CT molecular complexity index is 855. The average molecular weight is 418 g/mol. The molecule has 4 nitrogen and oxygen atoms in total. The quantitative estimate of drug-likeness (QED) is 0.553. The summed E-state index contributed by atoms with van der Waals surface area (Å²) in [6.07, 6.45) is 3.57. The van der Waals surface area contributed by atoms with Crippen LogP contribution in [0.4, 0.5) is 5.69 Å². The third-order valence-corrected chi connectivity index (χ3v) is 4.47. The van der Waals surface area contributed by atoms with E-state index < -0.39 is 0 Å². The van der Waals surface area contributed by atoms with Crippen molar-refractivity contribution in [2.75, 3.05) is 19.0 Å². The first-order chi connectivity index (χ1) is 13.1. The molecule has 28 heavy (non-hydrogen) atoms. The smallest absolute Gasteiger partial charge is 0.124 e. The van der Waals surface area contributed by atoms with Crippen molar-refractivity contribution in [3.63, 3.8) is 0 Å². The van der Waals surface area contributed by atoms with E-state index in [2.05, 4.69) is 39.5 Å². The molecule has 0 unspecified atom stereocenters. The summed E-state index contributed by atoms with van der Waals surface area (Å²) in [5.41, 5.74) is 4.50. The van der Waals surface area contributed by atoms with Crippen LogP contribution in [-0.4, -0.2) is 19.1 Å². The minimum atomic E-state index is 0. The van der Waals surface area contributed by atoms with Crippen LogP contribution in [0.25, 0.3) is 0 Å². The minimum Gasteiger partial charge on any atom is -0.489 e. The number of anilines is 1. The summed E-state index contributed by atoms with van der Waals surface area (Å²) < 4.78 is 5.98. The van der Waals surface area contributed by atoms with Crippen molar-refractivity contribution in [1.82, 2.24) is 10.3 Å². The Labute approximate surface area is 177 Å². The molecule has 1 heterocycles. The largest absolute Gasteiger partial charge is 0.489 e. The fourth-order valence-corrected chi connectivity index (χ4v) is 2.92. The highest BCUT2D eigenvalue weighted by molar-refractivity contribution is 6.30. The SMILES string of the molecule is CN(C)c1ccc(CNCc2cc(Cl)ccc2OCc2cccnc2)cc1.Cl. The van der Waals surface area contributed by atoms with Crippen LogP contribution in [-0.2, 0) is 19.7 Å². The van der Waals surface area contributed by atoms with E-state index in [-0.39, 0.29) is 12.4 Å². The lowest BCUT2D eigenvalue weighted by Gasteiger charge is -2.14. The Morgan fingerprint density at radius 2 is 1.79 bits per heavy atom. The molecule has 0 saturated carbocycles. The van der Waals surface area contributed by atoms with E-state index in [0.717, 1.165) is 23.4 Å². The maximum Gasteiger partial charge on any atom is 0.124 e. The highest BCUT2D eigenvalue weighted by atomic mass is 35.5. The van der Waals surface area contributed by atoms with E-state index in [0.29, 0.717) is 18.2 Å². The van der Waals surface area contributed by atoms with Gasteiger partial charge in [-0.15, -0.1) is 12.4 Å². The molecule has 2 aromatic carbocycles. The molecule has 0 aliphatic carbocycles. The van der Waals surface area contributed by atoms with Gasteiger partial charge in [0.05, 0.1) is 0 Å². The summed E-state index contributed by atoms with van der Waals surface area (Å²) in [5, 5.41) is 4.17. The standard InChI is InChI=1S/C22H24ClN3O.ClH/c1-26(2)21-8-5-17(6-9-21)13-25-15-19-12-20(23)7-10-22(19)27-16-18-4-3-11-24-14-18;/h3-12,14,25H,13,15-16H2,1-2H3;1H. The van der Waals surface area contributed by atoms with Crippen molar-refractivity contribution in [3.05, 3.63) is 88.7 Å². The van der Waals surface area contributed by atoms with Crippen LogP contribution >= 0.6 is 24.0 Å². The Morgan fingerprint density at radius 3 is 2.46 bits per heavy atom. The molecule has 6 heteroatoms. The predicted octanol–water partition coefficient (Wildman–Crippen LogP) is 5.09. The first-order valence-corrected chi connectivity index (χ1v) is 9.27. The van der Waals surface area contributed by atoms with Crippen molar-refractivity contribution in [2.45, 2.75) is 19.7 Å². The number of ether oxygens (including phenoxy) is 1. The predicted molar refractivity (Wildman–Crippen MR) is 119 cm³/mol. The molecule has 0 bridgehead atoms. The average Bonchev–Trinajstić information content (AvgIpc) is 2.68. The van der Waals surface area contributed by atoms with E-state index in [1.54, 1.807) is 6.20 Å². The van der Waals surface area contributed by atoms with Gasteiger partial charge in [-0.3, -0.25) is 4.98 Å². The van der Waals surface area contributed by atoms with Crippen molar-refractivity contribution in [2.24, 2.45) is 0 Å². The van der Waals surface area contributed by atoms with Gasteiger partial charge in [0.2, 0.25) is 0 Å². The third kappa shape index (κ3) is 6.41. The number of halogens is 2. The fourth-order valence-electron chi connectivity index (χ4n) is 2.73. The van der Waals surface area contributed by atoms with Gasteiger partial charge in [0, 0.05) is 61.4 Å². The summed E-state index contributed by atoms with van der Waals surface area (Å²) in [7, 11) is 4.08. The molecule has 1 N–H and O–H groups in total. The summed E-state index contributed by atoms with van der Waals surface area (Å²) in [4.78, 5) is 6.21. The molecule has 148 valence electrons. The second kappa shape index (κ2) is 10.9. The molecule has 0 aliphatic rings. The van der Waals surface area contributed by atoms with Crippen LogP contribution in [0, 0.1) is 0 Å². The lowest BCUT2D eigenvalue weighted by molar-refractivity contribution is 0.301. The van der Waals surface area contributed by atoms with Crippen LogP contribution < -0.4 is 15.0 Å². The summed E-state index contributed by atoms with van der Waals surface area (Å²) >= 11 is 6.18. The van der Waals surface area contributed by atoms with Crippen LogP contribution in [0.15, 0.2) is 67.0 Å². The van der Waals surface area contributed by atoms with Gasteiger partial charge in [-0.05, 0) is 42.0 Å². The topological polar surface area (TPSA) is 37.4 Å². The van der Waals surface area contributed by atoms with Gasteiger partial charge in [-0.25, -0.2) is 0 Å². The van der Waals surface area contributed by atoms with Crippen LogP contribution in [0.1, 0.15) is 16.7 Å². The first-order valence-electron chi connectivity index (χ1n) is 8.89. The van der Waals surface area contributed by atoms with Crippen LogP contribution in [0.5, 0.6) is 5.75 Å². The molecule has 0 spiro atoms. The Morgan fingerprint density at radius 1 is 1.00 bits per heavy atom. The minimum absolute atomic E-state index is 0. The normalized spacial score (nSPS) is 10.2. The Hall–Kier alpha value is -2.27. The van der Waals surface area contributed by atoms with E-state index >= 15 is 0 Å². The Kier molecular flexibility index (Phi) is 8.58. The van der Waals surface area contributed by atoms with E-state index in [9.17, 15) is 0 Å². The van der Waals surface area contributed by atoms with E-state index in [1.807, 2.05) is 50.6 Å². The van der Waals surface area contributed by atoms with Gasteiger partial charge in [0.1, 0.15) is 12.4 Å². The number of rotatable bonds is 8. The molecule has 0 radical (unpaired) electrons. The molecule has 0 amide bonds. The number of benzene rings is 2. The number of hydrogen-bond donors (Lipinski definition) is 1. The van der Waals surface area contributed by atoms with Crippen LogP contribution in [0.2, 0.25) is 5.02 Å². The lowest BCUT2D eigenvalue weighted by Crippen LogP contribution is -2.14.